The minimum Gasteiger partial charge on any atom is -0.478 e. The van der Waals surface area contributed by atoms with E-state index in [0.717, 1.165) is 12.3 Å². The Labute approximate surface area is 133 Å². The molecule has 1 aliphatic heterocycles. The number of amides is 1. The molecule has 8 heteroatoms. The lowest BCUT2D eigenvalue weighted by molar-refractivity contribution is 0.0239. The minimum absolute atomic E-state index is 0.185. The van der Waals surface area contributed by atoms with Crippen LogP contribution in [0.4, 0.5) is 15.0 Å². The van der Waals surface area contributed by atoms with E-state index in [1.807, 2.05) is 0 Å². The first kappa shape index (κ1) is 17.0. The third-order valence-corrected chi connectivity index (χ3v) is 3.29. The molecular weight excluding hydrogens is 305 g/mol. The molecule has 0 saturated carbocycles. The lowest BCUT2D eigenvalue weighted by Gasteiger charge is -2.36. The normalized spacial score (nSPS) is 15.5. The minimum atomic E-state index is -1.23. The number of pyridine rings is 1. The molecule has 1 saturated heterocycles. The van der Waals surface area contributed by atoms with E-state index in [1.165, 1.54) is 0 Å². The van der Waals surface area contributed by atoms with Crippen molar-refractivity contribution in [1.82, 2.24) is 9.88 Å². The van der Waals surface area contributed by atoms with E-state index in [0.29, 0.717) is 26.2 Å². The zero-order chi connectivity index (χ0) is 17.2. The largest absolute Gasteiger partial charge is 0.478 e. The molecular formula is C15H20FN3O4. The average Bonchev–Trinajstić information content (AvgIpc) is 2.45. The van der Waals surface area contributed by atoms with Crippen LogP contribution < -0.4 is 4.90 Å². The monoisotopic (exact) mass is 325 g/mol. The Balaban J connectivity index is 2.05. The predicted octanol–water partition coefficient (Wildman–Crippen LogP) is 1.98. The van der Waals surface area contributed by atoms with Crippen LogP contribution >= 0.6 is 0 Å². The second-order valence-corrected chi connectivity index (χ2v) is 6.28. The van der Waals surface area contributed by atoms with E-state index in [9.17, 15) is 19.1 Å². The summed E-state index contributed by atoms with van der Waals surface area (Å²) in [5.41, 5.74) is -0.751. The Hall–Kier alpha value is -2.38. The maximum absolute atomic E-state index is 13.2. The lowest BCUT2D eigenvalue weighted by atomic mass is 10.2. The molecule has 1 amide bonds. The van der Waals surface area contributed by atoms with Crippen molar-refractivity contribution >= 4 is 17.9 Å². The number of nitrogens with zero attached hydrogens (tertiary/aromatic N) is 3. The number of carbonyl (C=O) groups excluding carboxylic acids is 1. The van der Waals surface area contributed by atoms with Gasteiger partial charge in [-0.1, -0.05) is 0 Å². The summed E-state index contributed by atoms with van der Waals surface area (Å²) >= 11 is 0. The second-order valence-electron chi connectivity index (χ2n) is 6.28. The number of piperazine rings is 1. The fourth-order valence-electron chi connectivity index (χ4n) is 2.27. The first-order chi connectivity index (χ1) is 10.7. The van der Waals surface area contributed by atoms with Crippen molar-refractivity contribution in [2.24, 2.45) is 0 Å². The molecule has 1 aromatic rings. The van der Waals surface area contributed by atoms with E-state index >= 15 is 0 Å². The molecule has 126 valence electrons. The van der Waals surface area contributed by atoms with Crippen LogP contribution in [0.5, 0.6) is 0 Å². The molecule has 2 rings (SSSR count). The van der Waals surface area contributed by atoms with Gasteiger partial charge in [0.1, 0.15) is 22.8 Å². The topological polar surface area (TPSA) is 83.0 Å². The van der Waals surface area contributed by atoms with Crippen molar-refractivity contribution in [1.29, 1.82) is 0 Å². The Morgan fingerprint density at radius 3 is 2.39 bits per heavy atom. The first-order valence-electron chi connectivity index (χ1n) is 7.29. The summed E-state index contributed by atoms with van der Waals surface area (Å²) < 4.78 is 18.5. The molecule has 0 aromatic carbocycles. The molecule has 1 aromatic heterocycles. The van der Waals surface area contributed by atoms with Crippen LogP contribution in [-0.4, -0.2) is 58.8 Å². The molecule has 0 aliphatic carbocycles. The summed E-state index contributed by atoms with van der Waals surface area (Å²) in [6, 6.07) is 0.949. The number of aromatic carboxylic acids is 1. The fraction of sp³-hybridized carbons (Fsp3) is 0.533. The highest BCUT2D eigenvalue weighted by molar-refractivity contribution is 5.93. The lowest BCUT2D eigenvalue weighted by Crippen LogP contribution is -2.50. The molecule has 1 N–H and O–H groups in total. The van der Waals surface area contributed by atoms with Crippen molar-refractivity contribution in [3.05, 3.63) is 23.6 Å². The number of rotatable bonds is 2. The van der Waals surface area contributed by atoms with Crippen LogP contribution in [0.1, 0.15) is 31.1 Å². The molecule has 0 bridgehead atoms. The van der Waals surface area contributed by atoms with Crippen molar-refractivity contribution in [3.8, 4) is 0 Å². The van der Waals surface area contributed by atoms with Gasteiger partial charge < -0.3 is 19.6 Å². The molecule has 1 aliphatic rings. The van der Waals surface area contributed by atoms with Crippen molar-refractivity contribution in [3.63, 3.8) is 0 Å². The van der Waals surface area contributed by atoms with Gasteiger partial charge in [-0.25, -0.2) is 19.0 Å². The molecule has 2 heterocycles. The van der Waals surface area contributed by atoms with E-state index in [4.69, 9.17) is 4.74 Å². The van der Waals surface area contributed by atoms with Gasteiger partial charge in [-0.15, -0.1) is 0 Å². The quantitative estimate of drug-likeness (QED) is 0.895. The zero-order valence-corrected chi connectivity index (χ0v) is 13.4. The summed E-state index contributed by atoms with van der Waals surface area (Å²) in [5.74, 6) is -1.72. The van der Waals surface area contributed by atoms with Crippen LogP contribution in [0.25, 0.3) is 0 Å². The Morgan fingerprint density at radius 1 is 1.26 bits per heavy atom. The van der Waals surface area contributed by atoms with Crippen LogP contribution in [0.2, 0.25) is 0 Å². The highest BCUT2D eigenvalue weighted by atomic mass is 19.1. The van der Waals surface area contributed by atoms with Gasteiger partial charge in [-0.05, 0) is 26.8 Å². The standard InChI is InChI=1S/C15H20FN3O4/c1-15(2,3)23-14(22)19-6-4-18(5-7-19)12-11(13(20)21)8-10(16)9-17-12/h8-9H,4-7H2,1-3H3,(H,20,21). The SMILES string of the molecule is CC(C)(C)OC(=O)N1CCN(c2ncc(F)cc2C(=O)O)CC1. The number of carbonyl (C=O) groups is 2. The number of aromatic nitrogens is 1. The van der Waals surface area contributed by atoms with Crippen molar-refractivity contribution in [2.45, 2.75) is 26.4 Å². The third-order valence-electron chi connectivity index (χ3n) is 3.29. The molecule has 1 fully saturated rings. The van der Waals surface area contributed by atoms with Gasteiger partial charge in [0, 0.05) is 26.2 Å². The third kappa shape index (κ3) is 4.30. The van der Waals surface area contributed by atoms with Gasteiger partial charge in [0.25, 0.3) is 0 Å². The van der Waals surface area contributed by atoms with Gasteiger partial charge in [0.15, 0.2) is 0 Å². The number of ether oxygens (including phenoxy) is 1. The van der Waals surface area contributed by atoms with E-state index in [-0.39, 0.29) is 11.4 Å². The Kier molecular flexibility index (Phi) is 4.72. The molecule has 23 heavy (non-hydrogen) atoms. The maximum Gasteiger partial charge on any atom is 0.410 e. The van der Waals surface area contributed by atoms with Crippen molar-refractivity contribution < 1.29 is 23.8 Å². The average molecular weight is 325 g/mol. The van der Waals surface area contributed by atoms with Crippen LogP contribution in [0.3, 0.4) is 0 Å². The number of carboxylic acids is 1. The zero-order valence-electron chi connectivity index (χ0n) is 13.4. The van der Waals surface area contributed by atoms with Gasteiger partial charge in [0.2, 0.25) is 0 Å². The van der Waals surface area contributed by atoms with Gasteiger partial charge in [0.05, 0.1) is 6.20 Å². The van der Waals surface area contributed by atoms with Crippen LogP contribution in [-0.2, 0) is 4.74 Å². The fourth-order valence-corrected chi connectivity index (χ4v) is 2.27. The van der Waals surface area contributed by atoms with Crippen LogP contribution in [0.15, 0.2) is 12.3 Å². The summed E-state index contributed by atoms with van der Waals surface area (Å²) in [4.78, 5) is 30.4. The molecule has 0 spiro atoms. The summed E-state index contributed by atoms with van der Waals surface area (Å²) in [6.07, 6.45) is 0.588. The van der Waals surface area contributed by atoms with Crippen molar-refractivity contribution in [2.75, 3.05) is 31.1 Å². The molecule has 7 nitrogen and oxygen atoms in total. The summed E-state index contributed by atoms with van der Waals surface area (Å²) in [7, 11) is 0. The smallest absolute Gasteiger partial charge is 0.410 e. The van der Waals surface area contributed by atoms with Gasteiger partial charge >= 0.3 is 12.1 Å². The van der Waals surface area contributed by atoms with E-state index in [2.05, 4.69) is 4.98 Å². The number of anilines is 1. The number of halogens is 1. The van der Waals surface area contributed by atoms with Gasteiger partial charge in [-0.2, -0.15) is 0 Å². The Morgan fingerprint density at radius 2 is 1.87 bits per heavy atom. The number of hydrogen-bond acceptors (Lipinski definition) is 5. The summed E-state index contributed by atoms with van der Waals surface area (Å²) in [6.45, 7) is 6.95. The highest BCUT2D eigenvalue weighted by Gasteiger charge is 2.28. The Bertz CT molecular complexity index is 607. The van der Waals surface area contributed by atoms with E-state index < -0.39 is 23.5 Å². The number of hydrogen-bond donors (Lipinski definition) is 1. The molecule has 0 atom stereocenters. The van der Waals surface area contributed by atoms with Crippen LogP contribution in [0, 0.1) is 5.82 Å². The predicted molar refractivity (Wildman–Crippen MR) is 81.2 cm³/mol. The molecule has 0 unspecified atom stereocenters. The first-order valence-corrected chi connectivity index (χ1v) is 7.29. The second kappa shape index (κ2) is 6.39. The maximum atomic E-state index is 13.2. The summed E-state index contributed by atoms with van der Waals surface area (Å²) in [5, 5.41) is 9.17. The molecule has 0 radical (unpaired) electrons. The highest BCUT2D eigenvalue weighted by Crippen LogP contribution is 2.21. The van der Waals surface area contributed by atoms with Gasteiger partial charge in [-0.3, -0.25) is 0 Å². The van der Waals surface area contributed by atoms with E-state index in [1.54, 1.807) is 30.6 Å². The number of carboxylic acid groups (broad SMARTS) is 1.